The minimum absolute atomic E-state index is 0.0458. The molecular formula is C21H19F3N4O3. The van der Waals surface area contributed by atoms with E-state index in [1.807, 2.05) is 6.92 Å². The Bertz CT molecular complexity index is 1280. The fourth-order valence-electron chi connectivity index (χ4n) is 3.86. The van der Waals surface area contributed by atoms with Crippen LogP contribution in [0, 0.1) is 23.4 Å². The fraction of sp³-hybridized carbons (Fsp3) is 0.238. The molecule has 1 aromatic heterocycles. The number of benzene rings is 2. The number of nitrogen functional groups attached to an aromatic ring is 1. The molecule has 0 amide bonds. The molecule has 2 aromatic carbocycles. The predicted molar refractivity (Wildman–Crippen MR) is 110 cm³/mol. The topological polar surface area (TPSA) is 115 Å². The maximum Gasteiger partial charge on any atom is 0.341 e. The number of anilines is 2. The first-order valence-electron chi connectivity index (χ1n) is 9.46. The molecule has 4 rings (SSSR count). The molecule has 0 spiro atoms. The van der Waals surface area contributed by atoms with E-state index in [4.69, 9.17) is 11.5 Å². The van der Waals surface area contributed by atoms with Crippen molar-refractivity contribution in [2.75, 3.05) is 23.7 Å². The maximum atomic E-state index is 14.9. The van der Waals surface area contributed by atoms with Crippen LogP contribution in [0.15, 0.2) is 35.3 Å². The van der Waals surface area contributed by atoms with Crippen molar-refractivity contribution in [3.05, 3.63) is 63.7 Å². The third-order valence-electron chi connectivity index (χ3n) is 5.64. The van der Waals surface area contributed by atoms with E-state index in [9.17, 15) is 27.9 Å². The van der Waals surface area contributed by atoms with Gasteiger partial charge in [0.05, 0.1) is 22.6 Å². The Morgan fingerprint density at radius 3 is 2.35 bits per heavy atom. The molecule has 0 bridgehead atoms. The first kappa shape index (κ1) is 20.7. The Morgan fingerprint density at radius 2 is 1.74 bits per heavy atom. The summed E-state index contributed by atoms with van der Waals surface area (Å²) in [4.78, 5) is 26.0. The van der Waals surface area contributed by atoms with Crippen molar-refractivity contribution in [3.63, 3.8) is 0 Å². The standard InChI is InChI=1S/C21H19F3N4O3/c1-9-6-27(8-16(9)26)18-5-17-10(2-13(18)23)20(29)11(21(30)31)7-28(17)19-4-15(25)12(22)3-14(19)24/h2-5,7,9,16H,6,8,25-26H2,1H3,(H,30,31)/t9-,16-/m1/s1. The van der Waals surface area contributed by atoms with E-state index in [0.29, 0.717) is 19.2 Å². The highest BCUT2D eigenvalue weighted by molar-refractivity contribution is 5.94. The second-order valence-corrected chi connectivity index (χ2v) is 7.74. The number of nitrogens with zero attached hydrogens (tertiary/aromatic N) is 2. The zero-order valence-electron chi connectivity index (χ0n) is 16.4. The van der Waals surface area contributed by atoms with Gasteiger partial charge in [0, 0.05) is 36.8 Å². The van der Waals surface area contributed by atoms with Gasteiger partial charge in [0.2, 0.25) is 5.43 Å². The summed E-state index contributed by atoms with van der Waals surface area (Å²) in [7, 11) is 0. The van der Waals surface area contributed by atoms with Crippen molar-refractivity contribution in [2.45, 2.75) is 13.0 Å². The largest absolute Gasteiger partial charge is 0.477 e. The number of aromatic carboxylic acids is 1. The number of carboxylic acid groups (broad SMARTS) is 1. The molecule has 2 heterocycles. The van der Waals surface area contributed by atoms with Gasteiger partial charge >= 0.3 is 5.97 Å². The Labute approximate surface area is 174 Å². The van der Waals surface area contributed by atoms with Gasteiger partial charge in [0.1, 0.15) is 23.0 Å². The number of halogens is 3. The molecule has 1 aliphatic heterocycles. The Hall–Kier alpha value is -3.53. The van der Waals surface area contributed by atoms with Gasteiger partial charge in [-0.25, -0.2) is 18.0 Å². The van der Waals surface area contributed by atoms with E-state index >= 15 is 0 Å². The van der Waals surface area contributed by atoms with Crippen LogP contribution in [0.25, 0.3) is 16.6 Å². The number of carbonyl (C=O) groups is 1. The number of hydrogen-bond acceptors (Lipinski definition) is 5. The highest BCUT2D eigenvalue weighted by Gasteiger charge is 2.29. The SMILES string of the molecule is C[C@@H]1CN(c2cc3c(cc2F)c(=O)c(C(=O)O)cn3-c2cc(N)c(F)cc2F)C[C@H]1N. The molecule has 1 saturated heterocycles. The molecule has 5 N–H and O–H groups in total. The highest BCUT2D eigenvalue weighted by Crippen LogP contribution is 2.31. The minimum atomic E-state index is -1.57. The zero-order chi connectivity index (χ0) is 22.6. The van der Waals surface area contributed by atoms with Crippen LogP contribution in [0.2, 0.25) is 0 Å². The number of carboxylic acids is 1. The maximum absolute atomic E-state index is 14.9. The fourth-order valence-corrected chi connectivity index (χ4v) is 3.86. The Morgan fingerprint density at radius 1 is 1.06 bits per heavy atom. The molecule has 3 aromatic rings. The molecule has 1 fully saturated rings. The number of nitrogens with two attached hydrogens (primary N) is 2. The molecule has 0 radical (unpaired) electrons. The molecule has 7 nitrogen and oxygen atoms in total. The summed E-state index contributed by atoms with van der Waals surface area (Å²) in [6.07, 6.45) is 0.919. The number of aromatic nitrogens is 1. The number of fused-ring (bicyclic) bond motifs is 1. The second-order valence-electron chi connectivity index (χ2n) is 7.74. The first-order chi connectivity index (χ1) is 14.6. The van der Waals surface area contributed by atoms with Crippen molar-refractivity contribution < 1.29 is 23.1 Å². The van der Waals surface area contributed by atoms with Gasteiger partial charge in [-0.15, -0.1) is 0 Å². The van der Waals surface area contributed by atoms with E-state index in [-0.39, 0.29) is 39.9 Å². The third kappa shape index (κ3) is 3.38. The number of hydrogen-bond donors (Lipinski definition) is 3. The van der Waals surface area contributed by atoms with Crippen LogP contribution >= 0.6 is 0 Å². The molecule has 31 heavy (non-hydrogen) atoms. The van der Waals surface area contributed by atoms with Crippen molar-refractivity contribution >= 4 is 28.2 Å². The number of pyridine rings is 1. The van der Waals surface area contributed by atoms with Crippen molar-refractivity contribution in [1.82, 2.24) is 4.57 Å². The summed E-state index contributed by atoms with van der Waals surface area (Å²) in [5.41, 5.74) is 9.51. The van der Waals surface area contributed by atoms with Gasteiger partial charge in [0.15, 0.2) is 0 Å². The van der Waals surface area contributed by atoms with Gasteiger partial charge < -0.3 is 26.0 Å². The van der Waals surface area contributed by atoms with Crippen LogP contribution in [-0.2, 0) is 0 Å². The van der Waals surface area contributed by atoms with Gasteiger partial charge in [-0.3, -0.25) is 4.79 Å². The van der Waals surface area contributed by atoms with E-state index < -0.39 is 34.4 Å². The highest BCUT2D eigenvalue weighted by atomic mass is 19.1. The average molecular weight is 432 g/mol. The summed E-state index contributed by atoms with van der Waals surface area (Å²) in [6.45, 7) is 2.77. The minimum Gasteiger partial charge on any atom is -0.477 e. The van der Waals surface area contributed by atoms with Crippen LogP contribution in [0.5, 0.6) is 0 Å². The monoisotopic (exact) mass is 432 g/mol. The van der Waals surface area contributed by atoms with E-state index in [1.54, 1.807) is 4.90 Å². The zero-order valence-corrected chi connectivity index (χ0v) is 16.4. The lowest BCUT2D eigenvalue weighted by molar-refractivity contribution is 0.0695. The normalized spacial score (nSPS) is 18.7. The molecule has 0 aliphatic carbocycles. The second kappa shape index (κ2) is 7.31. The van der Waals surface area contributed by atoms with E-state index in [2.05, 4.69) is 0 Å². The van der Waals surface area contributed by atoms with Crippen molar-refractivity contribution in [3.8, 4) is 5.69 Å². The summed E-state index contributed by atoms with van der Waals surface area (Å²) in [6, 6.07) is 3.62. The molecule has 0 saturated carbocycles. The molecule has 10 heteroatoms. The number of rotatable bonds is 3. The van der Waals surface area contributed by atoms with E-state index in [0.717, 1.165) is 22.9 Å². The Kier molecular flexibility index (Phi) is 4.89. The Balaban J connectivity index is 2.05. The summed E-state index contributed by atoms with van der Waals surface area (Å²) in [5.74, 6) is -4.23. The van der Waals surface area contributed by atoms with Gasteiger partial charge in [0.25, 0.3) is 0 Å². The van der Waals surface area contributed by atoms with Gasteiger partial charge in [-0.2, -0.15) is 0 Å². The predicted octanol–water partition coefficient (Wildman–Crippen LogP) is 2.47. The van der Waals surface area contributed by atoms with E-state index in [1.165, 1.54) is 6.07 Å². The van der Waals surface area contributed by atoms with Crippen molar-refractivity contribution in [1.29, 1.82) is 0 Å². The van der Waals surface area contributed by atoms with Crippen LogP contribution in [0.3, 0.4) is 0 Å². The van der Waals surface area contributed by atoms with Gasteiger partial charge in [-0.05, 0) is 24.1 Å². The van der Waals surface area contributed by atoms with Crippen LogP contribution < -0.4 is 21.8 Å². The summed E-state index contributed by atoms with van der Waals surface area (Å²) in [5, 5.41) is 9.15. The van der Waals surface area contributed by atoms with Crippen molar-refractivity contribution in [2.24, 2.45) is 11.7 Å². The molecule has 162 valence electrons. The molecule has 2 atom stereocenters. The van der Waals surface area contributed by atoms with Crippen LogP contribution in [0.4, 0.5) is 24.5 Å². The van der Waals surface area contributed by atoms with Crippen LogP contribution in [-0.4, -0.2) is 34.8 Å². The molecule has 1 aliphatic rings. The lowest BCUT2D eigenvalue weighted by Crippen LogP contribution is -2.29. The van der Waals surface area contributed by atoms with Crippen LogP contribution in [0.1, 0.15) is 17.3 Å². The van der Waals surface area contributed by atoms with Gasteiger partial charge in [-0.1, -0.05) is 6.92 Å². The molecule has 0 unspecified atom stereocenters. The summed E-state index contributed by atoms with van der Waals surface area (Å²) >= 11 is 0. The average Bonchev–Trinajstić information content (AvgIpc) is 3.03. The quantitative estimate of drug-likeness (QED) is 0.548. The first-order valence-corrected chi connectivity index (χ1v) is 9.46. The lowest BCUT2D eigenvalue weighted by Gasteiger charge is -2.21. The lowest BCUT2D eigenvalue weighted by atomic mass is 10.1. The summed E-state index contributed by atoms with van der Waals surface area (Å²) < 4.78 is 44.3. The third-order valence-corrected chi connectivity index (χ3v) is 5.64. The smallest absolute Gasteiger partial charge is 0.341 e. The molecular weight excluding hydrogens is 413 g/mol.